The minimum absolute atomic E-state index is 0.251. The third-order valence-corrected chi connectivity index (χ3v) is 1.68. The van der Waals surface area contributed by atoms with E-state index in [9.17, 15) is 17.6 Å². The number of alkyl halides is 3. The van der Waals surface area contributed by atoms with E-state index in [4.69, 9.17) is 0 Å². The Morgan fingerprint density at radius 1 is 1.07 bits per heavy atom. The third kappa shape index (κ3) is 2.61. The van der Waals surface area contributed by atoms with Gasteiger partial charge >= 0.3 is 6.36 Å². The molecule has 0 unspecified atom stereocenters. The van der Waals surface area contributed by atoms with E-state index in [0.717, 1.165) is 6.07 Å². The van der Waals surface area contributed by atoms with Crippen molar-refractivity contribution in [1.82, 2.24) is 0 Å². The summed E-state index contributed by atoms with van der Waals surface area (Å²) < 4.78 is 51.9. The molecule has 0 aliphatic carbocycles. The summed E-state index contributed by atoms with van der Waals surface area (Å²) in [5, 5.41) is 0. The number of aryl methyl sites for hydroxylation is 2. The number of halogens is 4. The van der Waals surface area contributed by atoms with Crippen molar-refractivity contribution in [2.24, 2.45) is 0 Å². The van der Waals surface area contributed by atoms with Crippen LogP contribution < -0.4 is 4.74 Å². The maximum absolute atomic E-state index is 12.9. The van der Waals surface area contributed by atoms with Crippen LogP contribution in [0.15, 0.2) is 12.1 Å². The lowest BCUT2D eigenvalue weighted by atomic mass is 10.1. The van der Waals surface area contributed by atoms with E-state index in [1.165, 1.54) is 19.9 Å². The van der Waals surface area contributed by atoms with Crippen LogP contribution in [0.5, 0.6) is 5.75 Å². The summed E-state index contributed by atoms with van der Waals surface area (Å²) in [4.78, 5) is 0. The quantitative estimate of drug-likeness (QED) is 0.643. The first-order chi connectivity index (χ1) is 6.29. The van der Waals surface area contributed by atoms with Gasteiger partial charge in [-0.1, -0.05) is 0 Å². The number of benzene rings is 1. The predicted molar refractivity (Wildman–Crippen MR) is 42.6 cm³/mol. The Labute approximate surface area is 78.3 Å². The molecule has 0 amide bonds. The second-order valence-electron chi connectivity index (χ2n) is 2.91. The molecule has 0 atom stereocenters. The first kappa shape index (κ1) is 10.8. The van der Waals surface area contributed by atoms with Crippen molar-refractivity contribution >= 4 is 0 Å². The van der Waals surface area contributed by atoms with E-state index >= 15 is 0 Å². The summed E-state index contributed by atoms with van der Waals surface area (Å²) in [6, 6.07) is 2.04. The number of hydrogen-bond donors (Lipinski definition) is 0. The molecule has 0 saturated carbocycles. The minimum atomic E-state index is -4.79. The van der Waals surface area contributed by atoms with E-state index in [1.807, 2.05) is 0 Å². The fourth-order valence-electron chi connectivity index (χ4n) is 1.04. The average molecular weight is 208 g/mol. The highest BCUT2D eigenvalue weighted by molar-refractivity contribution is 5.36. The predicted octanol–water partition coefficient (Wildman–Crippen LogP) is 3.34. The molecule has 0 aliphatic rings. The zero-order chi connectivity index (χ0) is 10.9. The Morgan fingerprint density at radius 2 is 1.64 bits per heavy atom. The van der Waals surface area contributed by atoms with Gasteiger partial charge in [-0.2, -0.15) is 0 Å². The van der Waals surface area contributed by atoms with Gasteiger partial charge in [-0.15, -0.1) is 13.2 Å². The van der Waals surface area contributed by atoms with Crippen LogP contribution in [0.2, 0.25) is 0 Å². The molecule has 0 aliphatic heterocycles. The Kier molecular flexibility index (Phi) is 2.69. The zero-order valence-corrected chi connectivity index (χ0v) is 7.57. The molecule has 0 heterocycles. The summed E-state index contributed by atoms with van der Waals surface area (Å²) in [5.74, 6) is -1.21. The molecule has 0 N–H and O–H groups in total. The van der Waals surface area contributed by atoms with Gasteiger partial charge in [0.2, 0.25) is 0 Å². The molecule has 1 aromatic rings. The number of rotatable bonds is 1. The topological polar surface area (TPSA) is 9.23 Å². The summed E-state index contributed by atoms with van der Waals surface area (Å²) >= 11 is 0. The molecule has 0 saturated heterocycles. The van der Waals surface area contributed by atoms with E-state index < -0.39 is 17.9 Å². The van der Waals surface area contributed by atoms with Crippen molar-refractivity contribution in [2.45, 2.75) is 20.2 Å². The molecule has 0 aromatic heterocycles. The normalized spacial score (nSPS) is 11.6. The van der Waals surface area contributed by atoms with Crippen LogP contribution >= 0.6 is 0 Å². The standard InChI is InChI=1S/C9H8F4O/c1-5-3-6(2)8(4-7(5)10)14-9(11,12)13/h3-4H,1-2H3. The highest BCUT2D eigenvalue weighted by atomic mass is 19.4. The lowest BCUT2D eigenvalue weighted by molar-refractivity contribution is -0.274. The summed E-state index contributed by atoms with van der Waals surface area (Å²) in [6.45, 7) is 2.90. The summed E-state index contributed by atoms with van der Waals surface area (Å²) in [7, 11) is 0. The molecule has 0 fully saturated rings. The van der Waals surface area contributed by atoms with Gasteiger partial charge in [0.25, 0.3) is 0 Å². The molecule has 14 heavy (non-hydrogen) atoms. The Morgan fingerprint density at radius 3 is 2.14 bits per heavy atom. The molecule has 0 spiro atoms. The number of ether oxygens (including phenoxy) is 1. The van der Waals surface area contributed by atoms with Crippen LogP contribution in [-0.4, -0.2) is 6.36 Å². The SMILES string of the molecule is Cc1cc(C)c(OC(F)(F)F)cc1F. The van der Waals surface area contributed by atoms with Gasteiger partial charge in [-0.3, -0.25) is 0 Å². The van der Waals surface area contributed by atoms with Gasteiger partial charge in [0.15, 0.2) is 0 Å². The van der Waals surface area contributed by atoms with Crippen molar-refractivity contribution in [2.75, 3.05) is 0 Å². The van der Waals surface area contributed by atoms with Crippen molar-refractivity contribution in [3.8, 4) is 5.75 Å². The summed E-state index contributed by atoms with van der Waals surface area (Å²) in [5.41, 5.74) is 0.540. The first-order valence-corrected chi connectivity index (χ1v) is 3.82. The van der Waals surface area contributed by atoms with Crippen molar-refractivity contribution in [3.63, 3.8) is 0 Å². The molecular formula is C9H8F4O. The highest BCUT2D eigenvalue weighted by Crippen LogP contribution is 2.27. The second-order valence-corrected chi connectivity index (χ2v) is 2.91. The smallest absolute Gasteiger partial charge is 0.405 e. The van der Waals surface area contributed by atoms with Crippen LogP contribution in [0.4, 0.5) is 17.6 Å². The van der Waals surface area contributed by atoms with Crippen LogP contribution in [0.1, 0.15) is 11.1 Å². The lowest BCUT2D eigenvalue weighted by Gasteiger charge is -2.11. The Hall–Kier alpha value is -1.26. The number of hydrogen-bond acceptors (Lipinski definition) is 1. The zero-order valence-electron chi connectivity index (χ0n) is 7.57. The molecule has 5 heteroatoms. The molecule has 1 rings (SSSR count). The molecular weight excluding hydrogens is 200 g/mol. The van der Waals surface area contributed by atoms with Crippen LogP contribution in [0, 0.1) is 19.7 Å². The van der Waals surface area contributed by atoms with Gasteiger partial charge < -0.3 is 4.74 Å². The first-order valence-electron chi connectivity index (χ1n) is 3.82. The van der Waals surface area contributed by atoms with E-state index in [0.29, 0.717) is 0 Å². The molecule has 0 radical (unpaired) electrons. The van der Waals surface area contributed by atoms with Crippen LogP contribution in [0.25, 0.3) is 0 Å². The molecule has 1 aromatic carbocycles. The van der Waals surface area contributed by atoms with Gasteiger partial charge in [-0.05, 0) is 31.0 Å². The van der Waals surface area contributed by atoms with E-state index in [2.05, 4.69) is 4.74 Å². The minimum Gasteiger partial charge on any atom is -0.405 e. The van der Waals surface area contributed by atoms with E-state index in [1.54, 1.807) is 0 Å². The Balaban J connectivity index is 3.04. The Bertz CT molecular complexity index is 343. The monoisotopic (exact) mass is 208 g/mol. The fraction of sp³-hybridized carbons (Fsp3) is 0.333. The average Bonchev–Trinajstić information content (AvgIpc) is 1.97. The van der Waals surface area contributed by atoms with Crippen molar-refractivity contribution < 1.29 is 22.3 Å². The van der Waals surface area contributed by atoms with Crippen molar-refractivity contribution in [1.29, 1.82) is 0 Å². The van der Waals surface area contributed by atoms with Crippen LogP contribution in [-0.2, 0) is 0 Å². The maximum Gasteiger partial charge on any atom is 0.573 e. The lowest BCUT2D eigenvalue weighted by Crippen LogP contribution is -2.18. The summed E-state index contributed by atoms with van der Waals surface area (Å²) in [6.07, 6.45) is -4.79. The maximum atomic E-state index is 12.9. The molecule has 1 nitrogen and oxygen atoms in total. The highest BCUT2D eigenvalue weighted by Gasteiger charge is 2.31. The second kappa shape index (κ2) is 3.48. The van der Waals surface area contributed by atoms with Gasteiger partial charge in [0.1, 0.15) is 11.6 Å². The van der Waals surface area contributed by atoms with Crippen molar-refractivity contribution in [3.05, 3.63) is 29.1 Å². The van der Waals surface area contributed by atoms with Gasteiger partial charge in [0, 0.05) is 6.07 Å². The fourth-order valence-corrected chi connectivity index (χ4v) is 1.04. The van der Waals surface area contributed by atoms with Gasteiger partial charge in [-0.25, -0.2) is 4.39 Å². The third-order valence-electron chi connectivity index (χ3n) is 1.68. The molecule has 0 bridgehead atoms. The molecule has 78 valence electrons. The van der Waals surface area contributed by atoms with E-state index in [-0.39, 0.29) is 11.1 Å². The van der Waals surface area contributed by atoms with Crippen LogP contribution in [0.3, 0.4) is 0 Å². The van der Waals surface area contributed by atoms with Gasteiger partial charge in [0.05, 0.1) is 0 Å². The largest absolute Gasteiger partial charge is 0.573 e.